The number of hydrogen-bond donors (Lipinski definition) is 3. The maximum atomic E-state index is 8.91. The van der Waals surface area contributed by atoms with Crippen LogP contribution in [0.3, 0.4) is 0 Å². The zero-order valence-corrected chi connectivity index (χ0v) is 16.7. The summed E-state index contributed by atoms with van der Waals surface area (Å²) in [5.74, 6) is 0.889. The molecule has 0 unspecified atom stereocenters. The molecule has 5 heteroatoms. The average molecular weight is 377 g/mol. The van der Waals surface area contributed by atoms with Crippen LogP contribution in [-0.4, -0.2) is 20.3 Å². The van der Waals surface area contributed by atoms with Crippen LogP contribution in [0.1, 0.15) is 38.7 Å². The Kier molecular flexibility index (Phi) is 5.97. The van der Waals surface area contributed by atoms with Crippen LogP contribution in [0.5, 0.6) is 0 Å². The smallest absolute Gasteiger partial charge is 0.137 e. The molecule has 0 saturated carbocycles. The van der Waals surface area contributed by atoms with Crippen molar-refractivity contribution in [1.29, 1.82) is 0 Å². The summed E-state index contributed by atoms with van der Waals surface area (Å²) in [6, 6.07) is 10.3. The van der Waals surface area contributed by atoms with Gasteiger partial charge in [-0.05, 0) is 44.9 Å². The number of benzene rings is 1. The first-order valence-corrected chi connectivity index (χ1v) is 9.43. The second-order valence-electron chi connectivity index (χ2n) is 7.88. The predicted molar refractivity (Wildman–Crippen MR) is 115 cm³/mol. The molecule has 2 aromatic rings. The molecule has 146 valence electrons. The van der Waals surface area contributed by atoms with Crippen molar-refractivity contribution in [3.8, 4) is 11.3 Å². The second-order valence-corrected chi connectivity index (χ2v) is 7.88. The fraction of sp³-hybridized carbons (Fsp3) is 0.261. The molecule has 1 aromatic carbocycles. The topological polar surface area (TPSA) is 62.1 Å². The van der Waals surface area contributed by atoms with E-state index in [1.807, 2.05) is 29.8 Å². The largest absolute Gasteiger partial charge is 0.306 e. The van der Waals surface area contributed by atoms with Gasteiger partial charge in [0.15, 0.2) is 0 Å². The van der Waals surface area contributed by atoms with Crippen LogP contribution in [0.2, 0.25) is 0 Å². The fourth-order valence-electron chi connectivity index (χ4n) is 2.98. The summed E-state index contributed by atoms with van der Waals surface area (Å²) in [7, 11) is 0. The number of imidazole rings is 1. The second kappa shape index (κ2) is 8.42. The zero-order valence-electron chi connectivity index (χ0n) is 16.7. The first-order valence-electron chi connectivity index (χ1n) is 9.43. The highest BCUT2D eigenvalue weighted by Crippen LogP contribution is 2.28. The van der Waals surface area contributed by atoms with E-state index in [1.165, 1.54) is 0 Å². The summed E-state index contributed by atoms with van der Waals surface area (Å²) in [5, 5.41) is 12.5. The minimum Gasteiger partial charge on any atom is -0.306 e. The van der Waals surface area contributed by atoms with E-state index in [2.05, 4.69) is 67.7 Å². The van der Waals surface area contributed by atoms with Crippen LogP contribution in [0.4, 0.5) is 0 Å². The zero-order chi connectivity index (χ0) is 20.1. The van der Waals surface area contributed by atoms with Crippen molar-refractivity contribution < 1.29 is 5.21 Å². The van der Waals surface area contributed by atoms with Crippen LogP contribution < -0.4 is 10.8 Å². The quantitative estimate of drug-likeness (QED) is 0.503. The van der Waals surface area contributed by atoms with Crippen molar-refractivity contribution in [3.63, 3.8) is 0 Å². The highest BCUT2D eigenvalue weighted by atomic mass is 16.5. The number of nitrogens with one attached hydrogen (secondary N) is 2. The van der Waals surface area contributed by atoms with Gasteiger partial charge in [-0.1, -0.05) is 49.1 Å². The Morgan fingerprint density at radius 3 is 2.71 bits per heavy atom. The lowest BCUT2D eigenvalue weighted by Crippen LogP contribution is -2.35. The Balaban J connectivity index is 2.04. The molecule has 0 aliphatic carbocycles. The number of rotatable bonds is 6. The molecular formula is C23H28N4O. The molecule has 1 aliphatic rings. The first kappa shape index (κ1) is 19.9. The molecule has 5 nitrogen and oxygen atoms in total. The molecule has 0 fully saturated rings. The van der Waals surface area contributed by atoms with Crippen molar-refractivity contribution >= 4 is 12.3 Å². The van der Waals surface area contributed by atoms with Crippen molar-refractivity contribution in [2.24, 2.45) is 0 Å². The van der Waals surface area contributed by atoms with Crippen LogP contribution >= 0.6 is 0 Å². The molecule has 0 atom stereocenters. The molecule has 0 bridgehead atoms. The van der Waals surface area contributed by atoms with Gasteiger partial charge in [0.05, 0.1) is 17.1 Å². The number of nitrogens with zero attached hydrogens (tertiary/aromatic N) is 2. The van der Waals surface area contributed by atoms with Crippen molar-refractivity contribution in [3.05, 3.63) is 77.9 Å². The van der Waals surface area contributed by atoms with Gasteiger partial charge >= 0.3 is 0 Å². The molecule has 3 N–H and O–H groups in total. The van der Waals surface area contributed by atoms with Crippen LogP contribution in [0.15, 0.2) is 66.4 Å². The Morgan fingerprint density at radius 1 is 1.29 bits per heavy atom. The van der Waals surface area contributed by atoms with E-state index in [1.54, 1.807) is 6.08 Å². The summed E-state index contributed by atoms with van der Waals surface area (Å²) < 4.78 is 2.15. The fourth-order valence-corrected chi connectivity index (χ4v) is 2.98. The minimum absolute atomic E-state index is 0.00844. The lowest BCUT2D eigenvalue weighted by molar-refractivity contribution is 0.205. The van der Waals surface area contributed by atoms with Crippen LogP contribution in [0.25, 0.3) is 23.5 Å². The summed E-state index contributed by atoms with van der Waals surface area (Å²) in [6.45, 7) is 10.9. The van der Waals surface area contributed by atoms with E-state index in [0.29, 0.717) is 5.70 Å². The average Bonchev–Trinajstić information content (AvgIpc) is 2.88. The van der Waals surface area contributed by atoms with Gasteiger partial charge in [0.2, 0.25) is 0 Å². The Bertz CT molecular complexity index is 928. The lowest BCUT2D eigenvalue weighted by atomic mass is 10.1. The maximum absolute atomic E-state index is 8.91. The van der Waals surface area contributed by atoms with Gasteiger partial charge in [-0.15, -0.1) is 0 Å². The van der Waals surface area contributed by atoms with E-state index in [4.69, 9.17) is 10.2 Å². The minimum atomic E-state index is 0.00844. The summed E-state index contributed by atoms with van der Waals surface area (Å²) in [4.78, 5) is 4.95. The maximum Gasteiger partial charge on any atom is 0.137 e. The van der Waals surface area contributed by atoms with Gasteiger partial charge in [-0.25, -0.2) is 4.98 Å². The summed E-state index contributed by atoms with van der Waals surface area (Å²) in [6.07, 6.45) is 10.8. The highest BCUT2D eigenvalue weighted by molar-refractivity contribution is 5.68. The highest BCUT2D eigenvalue weighted by Gasteiger charge is 2.19. The van der Waals surface area contributed by atoms with E-state index in [9.17, 15) is 0 Å². The summed E-state index contributed by atoms with van der Waals surface area (Å²) in [5.41, 5.74) is 6.81. The molecule has 28 heavy (non-hydrogen) atoms. The third-order valence-corrected chi connectivity index (χ3v) is 4.44. The Morgan fingerprint density at radius 2 is 2.04 bits per heavy atom. The van der Waals surface area contributed by atoms with Gasteiger partial charge in [-0.2, -0.15) is 0 Å². The van der Waals surface area contributed by atoms with Gasteiger partial charge in [0, 0.05) is 23.8 Å². The third-order valence-electron chi connectivity index (χ3n) is 4.44. The SMILES string of the molecule is C=C(/C=C/C1=Cc2nc(-c3ccccc3)c(CNC(C)(C)C)n2C=CC1)NO. The Hall–Kier alpha value is -2.89. The van der Waals surface area contributed by atoms with E-state index in [-0.39, 0.29) is 5.54 Å². The number of aromatic nitrogens is 2. The first-order chi connectivity index (χ1) is 13.4. The van der Waals surface area contributed by atoms with E-state index < -0.39 is 0 Å². The molecule has 0 saturated heterocycles. The van der Waals surface area contributed by atoms with Crippen LogP contribution in [0, 0.1) is 0 Å². The predicted octanol–water partition coefficient (Wildman–Crippen LogP) is 4.74. The van der Waals surface area contributed by atoms with E-state index >= 15 is 0 Å². The monoisotopic (exact) mass is 376 g/mol. The molecular weight excluding hydrogens is 348 g/mol. The molecule has 0 amide bonds. The summed E-state index contributed by atoms with van der Waals surface area (Å²) >= 11 is 0. The van der Waals surface area contributed by atoms with Crippen molar-refractivity contribution in [1.82, 2.24) is 20.3 Å². The molecule has 1 aromatic heterocycles. The molecule has 3 rings (SSSR count). The van der Waals surface area contributed by atoms with Crippen LogP contribution in [-0.2, 0) is 6.54 Å². The molecule has 0 radical (unpaired) electrons. The van der Waals surface area contributed by atoms with Crippen molar-refractivity contribution in [2.45, 2.75) is 39.3 Å². The lowest BCUT2D eigenvalue weighted by Gasteiger charge is -2.21. The Labute approximate surface area is 166 Å². The van der Waals surface area contributed by atoms with E-state index in [0.717, 1.165) is 41.3 Å². The number of allylic oxidation sites excluding steroid dienone is 4. The number of hydrogen-bond acceptors (Lipinski definition) is 4. The number of hydroxylamine groups is 1. The standard InChI is InChI=1S/C23H28N4O/c1-17(26-28)12-13-18-9-8-14-27-20(16-24-23(2,3)4)22(25-21(27)15-18)19-10-6-5-7-11-19/h5-8,10-15,24,26,28H,1,9,16H2,2-4H3/b13-12+. The molecule has 0 spiro atoms. The molecule has 1 aliphatic heterocycles. The number of fused-ring (bicyclic) bond motifs is 1. The third kappa shape index (κ3) is 4.88. The van der Waals surface area contributed by atoms with Gasteiger partial charge in [0.25, 0.3) is 0 Å². The normalized spacial score (nSPS) is 13.9. The van der Waals surface area contributed by atoms with Crippen molar-refractivity contribution in [2.75, 3.05) is 0 Å². The van der Waals surface area contributed by atoms with Gasteiger partial charge in [-0.3, -0.25) is 10.7 Å². The van der Waals surface area contributed by atoms with Gasteiger partial charge in [0.1, 0.15) is 5.82 Å². The molecule has 2 heterocycles. The van der Waals surface area contributed by atoms with Gasteiger partial charge < -0.3 is 9.88 Å².